The molecule has 0 aliphatic carbocycles. The number of aryl methyl sites for hydroxylation is 1. The van der Waals surface area contributed by atoms with Crippen molar-refractivity contribution in [3.63, 3.8) is 0 Å². The van der Waals surface area contributed by atoms with Crippen molar-refractivity contribution in [3.05, 3.63) is 42.0 Å². The predicted octanol–water partition coefficient (Wildman–Crippen LogP) is 2.19. The molecule has 2 fully saturated rings. The first-order valence-electron chi connectivity index (χ1n) is 8.14. The number of ether oxygens (including phenoxy) is 2. The van der Waals surface area contributed by atoms with E-state index >= 15 is 0 Å². The van der Waals surface area contributed by atoms with Crippen molar-refractivity contribution in [1.82, 2.24) is 15.0 Å². The third kappa shape index (κ3) is 3.09. The molecule has 6 nitrogen and oxygen atoms in total. The van der Waals surface area contributed by atoms with Gasteiger partial charge in [0.2, 0.25) is 0 Å². The van der Waals surface area contributed by atoms with Crippen LogP contribution in [0.5, 0.6) is 5.75 Å². The lowest BCUT2D eigenvalue weighted by molar-refractivity contribution is -0.0473. The maximum absolute atomic E-state index is 6.14. The third-order valence-corrected chi connectivity index (χ3v) is 4.55. The van der Waals surface area contributed by atoms with Gasteiger partial charge in [-0.1, -0.05) is 5.16 Å². The van der Waals surface area contributed by atoms with Crippen LogP contribution in [-0.4, -0.2) is 46.4 Å². The van der Waals surface area contributed by atoms with Crippen LogP contribution in [0.4, 0.5) is 0 Å². The van der Waals surface area contributed by atoms with Crippen LogP contribution >= 0.6 is 0 Å². The van der Waals surface area contributed by atoms with E-state index in [0.717, 1.165) is 49.7 Å². The normalized spacial score (nSPS) is 27.8. The highest BCUT2D eigenvalue weighted by molar-refractivity contribution is 5.17. The van der Waals surface area contributed by atoms with Crippen LogP contribution in [0.15, 0.2) is 35.1 Å². The minimum atomic E-state index is 0.0255. The average Bonchev–Trinajstić information content (AvgIpc) is 3.14. The Morgan fingerprint density at radius 3 is 3.17 bits per heavy atom. The molecule has 4 heterocycles. The van der Waals surface area contributed by atoms with Crippen LogP contribution in [-0.2, 0) is 11.3 Å². The van der Waals surface area contributed by atoms with E-state index in [1.165, 1.54) is 0 Å². The van der Waals surface area contributed by atoms with Crippen LogP contribution in [0.25, 0.3) is 0 Å². The van der Waals surface area contributed by atoms with Gasteiger partial charge >= 0.3 is 0 Å². The summed E-state index contributed by atoms with van der Waals surface area (Å²) in [6.45, 7) is 4.33. The smallest absolute Gasteiger partial charge is 0.139 e. The summed E-state index contributed by atoms with van der Waals surface area (Å²) >= 11 is 0. The van der Waals surface area contributed by atoms with Crippen LogP contribution in [0.2, 0.25) is 0 Å². The Morgan fingerprint density at radius 1 is 1.43 bits per heavy atom. The zero-order valence-corrected chi connectivity index (χ0v) is 13.2. The quantitative estimate of drug-likeness (QED) is 0.862. The number of rotatable bonds is 4. The van der Waals surface area contributed by atoms with E-state index in [0.29, 0.717) is 6.04 Å². The fourth-order valence-corrected chi connectivity index (χ4v) is 3.58. The topological polar surface area (TPSA) is 60.6 Å². The lowest BCUT2D eigenvalue weighted by atomic mass is 10.0. The van der Waals surface area contributed by atoms with Gasteiger partial charge in [0.25, 0.3) is 0 Å². The summed E-state index contributed by atoms with van der Waals surface area (Å²) in [5.74, 6) is 1.64. The van der Waals surface area contributed by atoms with Crippen molar-refractivity contribution in [1.29, 1.82) is 0 Å². The van der Waals surface area contributed by atoms with Gasteiger partial charge in [-0.3, -0.25) is 9.88 Å². The van der Waals surface area contributed by atoms with E-state index in [2.05, 4.69) is 15.0 Å². The second-order valence-electron chi connectivity index (χ2n) is 6.25. The molecule has 0 unspecified atom stereocenters. The maximum Gasteiger partial charge on any atom is 0.139 e. The maximum atomic E-state index is 6.14. The van der Waals surface area contributed by atoms with Gasteiger partial charge in [-0.15, -0.1) is 0 Å². The molecule has 2 aliphatic rings. The summed E-state index contributed by atoms with van der Waals surface area (Å²) in [7, 11) is 0. The first-order valence-corrected chi connectivity index (χ1v) is 8.14. The van der Waals surface area contributed by atoms with Crippen molar-refractivity contribution in [2.75, 3.05) is 13.2 Å². The van der Waals surface area contributed by atoms with Crippen molar-refractivity contribution < 1.29 is 14.0 Å². The highest BCUT2D eigenvalue weighted by Crippen LogP contribution is 2.32. The minimum Gasteiger partial charge on any atom is -0.485 e. The SMILES string of the molecule is Cc1cc(CN2C[C@@H](Oc3cccnc3)[C@@H]3OCCC[C@@H]32)no1. The van der Waals surface area contributed by atoms with E-state index < -0.39 is 0 Å². The van der Waals surface area contributed by atoms with E-state index in [1.807, 2.05) is 25.1 Å². The Balaban J connectivity index is 1.49. The van der Waals surface area contributed by atoms with Gasteiger partial charge in [0.15, 0.2) is 0 Å². The molecule has 0 amide bonds. The third-order valence-electron chi connectivity index (χ3n) is 4.55. The van der Waals surface area contributed by atoms with Crippen molar-refractivity contribution in [2.24, 2.45) is 0 Å². The molecule has 0 spiro atoms. The molecule has 6 heteroatoms. The molecule has 0 radical (unpaired) electrons. The molecule has 0 aromatic carbocycles. The van der Waals surface area contributed by atoms with Crippen LogP contribution in [0.1, 0.15) is 24.3 Å². The molecule has 0 bridgehead atoms. The molecule has 23 heavy (non-hydrogen) atoms. The van der Waals surface area contributed by atoms with E-state index in [-0.39, 0.29) is 12.2 Å². The van der Waals surface area contributed by atoms with Gasteiger partial charge in [-0.2, -0.15) is 0 Å². The number of hydrogen-bond acceptors (Lipinski definition) is 6. The molecule has 0 saturated carbocycles. The molecular weight excluding hydrogens is 294 g/mol. The minimum absolute atomic E-state index is 0.0255. The monoisotopic (exact) mass is 315 g/mol. The Hall–Kier alpha value is -1.92. The molecule has 0 N–H and O–H groups in total. The summed E-state index contributed by atoms with van der Waals surface area (Å²) < 4.78 is 17.4. The highest BCUT2D eigenvalue weighted by Gasteiger charge is 2.45. The molecule has 2 aromatic rings. The number of likely N-dealkylation sites (tertiary alicyclic amines) is 1. The Labute approximate surface area is 135 Å². The van der Waals surface area contributed by atoms with Gasteiger partial charge in [-0.05, 0) is 31.9 Å². The first-order chi connectivity index (χ1) is 11.3. The average molecular weight is 315 g/mol. The van der Waals surface area contributed by atoms with Gasteiger partial charge in [0.1, 0.15) is 23.7 Å². The van der Waals surface area contributed by atoms with Crippen molar-refractivity contribution in [3.8, 4) is 5.75 Å². The molecule has 2 saturated heterocycles. The molecule has 3 atom stereocenters. The summed E-state index contributed by atoms with van der Waals surface area (Å²) in [6, 6.07) is 6.20. The van der Waals surface area contributed by atoms with E-state index in [4.69, 9.17) is 14.0 Å². The zero-order valence-electron chi connectivity index (χ0n) is 13.2. The van der Waals surface area contributed by atoms with Crippen LogP contribution < -0.4 is 4.74 Å². The fourth-order valence-electron chi connectivity index (χ4n) is 3.58. The summed E-state index contributed by atoms with van der Waals surface area (Å²) in [4.78, 5) is 6.52. The van der Waals surface area contributed by atoms with E-state index in [1.54, 1.807) is 12.4 Å². The number of aromatic nitrogens is 2. The number of hydrogen-bond donors (Lipinski definition) is 0. The number of nitrogens with zero attached hydrogens (tertiary/aromatic N) is 3. The Bertz CT molecular complexity index is 646. The lowest BCUT2D eigenvalue weighted by Gasteiger charge is -2.31. The summed E-state index contributed by atoms with van der Waals surface area (Å²) in [5, 5.41) is 4.12. The first kappa shape index (κ1) is 14.7. The molecule has 4 rings (SSSR count). The summed E-state index contributed by atoms with van der Waals surface area (Å²) in [5.41, 5.74) is 0.967. The largest absolute Gasteiger partial charge is 0.485 e. The highest BCUT2D eigenvalue weighted by atomic mass is 16.5. The van der Waals surface area contributed by atoms with Crippen molar-refractivity contribution >= 4 is 0 Å². The number of fused-ring (bicyclic) bond motifs is 1. The summed E-state index contributed by atoms with van der Waals surface area (Å²) in [6.07, 6.45) is 5.86. The van der Waals surface area contributed by atoms with E-state index in [9.17, 15) is 0 Å². The Morgan fingerprint density at radius 2 is 2.39 bits per heavy atom. The predicted molar refractivity (Wildman–Crippen MR) is 83.1 cm³/mol. The van der Waals surface area contributed by atoms with Gasteiger partial charge in [-0.25, -0.2) is 0 Å². The zero-order chi connectivity index (χ0) is 15.6. The number of pyridine rings is 1. The van der Waals surface area contributed by atoms with Crippen LogP contribution in [0.3, 0.4) is 0 Å². The Kier molecular flexibility index (Phi) is 4.01. The second kappa shape index (κ2) is 6.29. The van der Waals surface area contributed by atoms with Gasteiger partial charge < -0.3 is 14.0 Å². The molecule has 2 aromatic heterocycles. The van der Waals surface area contributed by atoms with Crippen molar-refractivity contribution in [2.45, 2.75) is 44.6 Å². The van der Waals surface area contributed by atoms with Gasteiger partial charge in [0, 0.05) is 38.0 Å². The molecule has 2 aliphatic heterocycles. The standard InChI is InChI=1S/C17H21N3O3/c1-12-8-13(19-23-12)10-20-11-16(17-15(20)5-3-7-21-17)22-14-4-2-6-18-9-14/h2,4,6,8-9,15-17H,3,5,7,10-11H2,1H3/t15-,16+,17+/m0/s1. The molecular formula is C17H21N3O3. The van der Waals surface area contributed by atoms with Crippen LogP contribution in [0, 0.1) is 6.92 Å². The lowest BCUT2D eigenvalue weighted by Crippen LogP contribution is -2.42. The second-order valence-corrected chi connectivity index (χ2v) is 6.25. The fraction of sp³-hybridized carbons (Fsp3) is 0.529. The molecule has 122 valence electrons. The van der Waals surface area contributed by atoms with Gasteiger partial charge in [0.05, 0.1) is 11.9 Å².